The van der Waals surface area contributed by atoms with Gasteiger partial charge in [0.25, 0.3) is 5.91 Å². The van der Waals surface area contributed by atoms with Crippen molar-refractivity contribution in [3.63, 3.8) is 0 Å². The number of aromatic nitrogens is 3. The van der Waals surface area contributed by atoms with Crippen LogP contribution in [-0.4, -0.2) is 50.2 Å². The first kappa shape index (κ1) is 17.1. The van der Waals surface area contributed by atoms with Gasteiger partial charge in [-0.25, -0.2) is 9.67 Å². The molecule has 134 valence electrons. The number of pyridine rings is 1. The highest BCUT2D eigenvalue weighted by atomic mass is 32.2. The monoisotopic (exact) mass is 366 g/mol. The van der Waals surface area contributed by atoms with Crippen LogP contribution in [0.2, 0.25) is 0 Å². The summed E-state index contributed by atoms with van der Waals surface area (Å²) in [4.78, 5) is 20.0. The SMILES string of the molecule is CC(C)n1ncc2c(C(=O)N3CCSCC3)cc(-c3ccccc3)nc21. The maximum Gasteiger partial charge on any atom is 0.254 e. The molecule has 0 N–H and O–H groups in total. The van der Waals surface area contributed by atoms with Gasteiger partial charge in [-0.2, -0.15) is 16.9 Å². The van der Waals surface area contributed by atoms with Gasteiger partial charge in [0.1, 0.15) is 0 Å². The van der Waals surface area contributed by atoms with Crippen molar-refractivity contribution in [2.45, 2.75) is 19.9 Å². The number of benzene rings is 1. The zero-order valence-corrected chi connectivity index (χ0v) is 15.9. The molecule has 1 amide bonds. The second kappa shape index (κ2) is 7.11. The van der Waals surface area contributed by atoms with Gasteiger partial charge in [-0.1, -0.05) is 30.3 Å². The van der Waals surface area contributed by atoms with Crippen molar-refractivity contribution >= 4 is 28.7 Å². The van der Waals surface area contributed by atoms with Gasteiger partial charge in [-0.3, -0.25) is 4.79 Å². The summed E-state index contributed by atoms with van der Waals surface area (Å²) in [6, 6.07) is 12.1. The summed E-state index contributed by atoms with van der Waals surface area (Å²) in [5, 5.41) is 5.33. The Balaban J connectivity index is 1.88. The fourth-order valence-corrected chi connectivity index (χ4v) is 4.17. The van der Waals surface area contributed by atoms with Crippen molar-refractivity contribution in [2.24, 2.45) is 0 Å². The average Bonchev–Trinajstić information content (AvgIpc) is 3.12. The summed E-state index contributed by atoms with van der Waals surface area (Å²) < 4.78 is 1.89. The molecule has 1 aliphatic heterocycles. The summed E-state index contributed by atoms with van der Waals surface area (Å²) in [6.45, 7) is 5.75. The van der Waals surface area contributed by atoms with Crippen molar-refractivity contribution in [3.8, 4) is 11.3 Å². The van der Waals surface area contributed by atoms with Crippen molar-refractivity contribution in [1.29, 1.82) is 0 Å². The Morgan fingerprint density at radius 2 is 1.88 bits per heavy atom. The van der Waals surface area contributed by atoms with E-state index in [0.717, 1.165) is 46.9 Å². The quantitative estimate of drug-likeness (QED) is 0.706. The van der Waals surface area contributed by atoms with E-state index in [4.69, 9.17) is 4.98 Å². The maximum atomic E-state index is 13.2. The van der Waals surface area contributed by atoms with E-state index >= 15 is 0 Å². The van der Waals surface area contributed by atoms with Crippen LogP contribution in [0.3, 0.4) is 0 Å². The molecular formula is C20H22N4OS. The Morgan fingerprint density at radius 1 is 1.15 bits per heavy atom. The van der Waals surface area contributed by atoms with Crippen LogP contribution in [0.25, 0.3) is 22.3 Å². The predicted molar refractivity (Wildman–Crippen MR) is 107 cm³/mol. The van der Waals surface area contributed by atoms with Crippen LogP contribution >= 0.6 is 11.8 Å². The lowest BCUT2D eigenvalue weighted by Gasteiger charge is -2.26. The number of thioether (sulfide) groups is 1. The van der Waals surface area contributed by atoms with E-state index in [1.165, 1.54) is 0 Å². The van der Waals surface area contributed by atoms with Crippen molar-refractivity contribution in [3.05, 3.63) is 48.2 Å². The highest BCUT2D eigenvalue weighted by Gasteiger charge is 2.23. The molecule has 3 aromatic rings. The topological polar surface area (TPSA) is 51.0 Å². The summed E-state index contributed by atoms with van der Waals surface area (Å²) in [5.41, 5.74) is 3.30. The number of carbonyl (C=O) groups is 1. The number of carbonyl (C=O) groups excluding carboxylic acids is 1. The Hall–Kier alpha value is -2.34. The standard InChI is InChI=1S/C20H22N4OS/c1-14(2)24-19-17(13-21-24)16(20(25)23-8-10-26-11-9-23)12-18(22-19)15-6-4-3-5-7-15/h3-7,12-14H,8-11H2,1-2H3. The van der Waals surface area contributed by atoms with Crippen LogP contribution < -0.4 is 0 Å². The molecule has 0 atom stereocenters. The molecule has 0 aliphatic carbocycles. The molecule has 3 heterocycles. The average molecular weight is 366 g/mol. The molecule has 0 spiro atoms. The zero-order chi connectivity index (χ0) is 18.1. The second-order valence-corrected chi connectivity index (χ2v) is 7.97. The molecule has 0 unspecified atom stereocenters. The van der Waals surface area contributed by atoms with Gasteiger partial charge in [0, 0.05) is 36.2 Å². The number of fused-ring (bicyclic) bond motifs is 1. The first-order valence-corrected chi connectivity index (χ1v) is 10.1. The predicted octanol–water partition coefficient (Wildman–Crippen LogP) is 3.87. The van der Waals surface area contributed by atoms with Gasteiger partial charge in [-0.15, -0.1) is 0 Å². The number of amides is 1. The molecule has 1 saturated heterocycles. The van der Waals surface area contributed by atoms with Crippen molar-refractivity contribution in [2.75, 3.05) is 24.6 Å². The smallest absolute Gasteiger partial charge is 0.254 e. The van der Waals surface area contributed by atoms with E-state index < -0.39 is 0 Å². The largest absolute Gasteiger partial charge is 0.337 e. The lowest BCUT2D eigenvalue weighted by atomic mass is 10.1. The molecular weight excluding hydrogens is 344 g/mol. The normalized spacial score (nSPS) is 15.0. The molecule has 0 saturated carbocycles. The van der Waals surface area contributed by atoms with Crippen LogP contribution in [0.5, 0.6) is 0 Å². The van der Waals surface area contributed by atoms with Crippen LogP contribution in [0, 0.1) is 0 Å². The molecule has 2 aromatic heterocycles. The van der Waals surface area contributed by atoms with E-state index in [1.807, 2.05) is 57.7 Å². The van der Waals surface area contributed by atoms with Crippen LogP contribution in [-0.2, 0) is 0 Å². The van der Waals surface area contributed by atoms with E-state index in [2.05, 4.69) is 18.9 Å². The van der Waals surface area contributed by atoms with E-state index in [-0.39, 0.29) is 11.9 Å². The molecule has 1 aromatic carbocycles. The second-order valence-electron chi connectivity index (χ2n) is 6.75. The number of hydrogen-bond donors (Lipinski definition) is 0. The molecule has 4 rings (SSSR count). The summed E-state index contributed by atoms with van der Waals surface area (Å²) in [7, 11) is 0. The Bertz CT molecular complexity index is 930. The number of nitrogens with zero attached hydrogens (tertiary/aromatic N) is 4. The number of rotatable bonds is 3. The van der Waals surface area contributed by atoms with E-state index in [9.17, 15) is 4.79 Å². The third kappa shape index (κ3) is 3.09. The first-order chi connectivity index (χ1) is 12.6. The zero-order valence-electron chi connectivity index (χ0n) is 15.1. The van der Waals surface area contributed by atoms with Gasteiger partial charge < -0.3 is 4.90 Å². The third-order valence-corrected chi connectivity index (χ3v) is 5.60. The van der Waals surface area contributed by atoms with E-state index in [1.54, 1.807) is 6.20 Å². The first-order valence-electron chi connectivity index (χ1n) is 8.96. The summed E-state index contributed by atoms with van der Waals surface area (Å²) in [6.07, 6.45) is 1.78. The minimum atomic E-state index is 0.0817. The van der Waals surface area contributed by atoms with Gasteiger partial charge in [0.2, 0.25) is 0 Å². The molecule has 6 heteroatoms. The van der Waals surface area contributed by atoms with Crippen LogP contribution in [0.4, 0.5) is 0 Å². The summed E-state index contributed by atoms with van der Waals surface area (Å²) >= 11 is 1.90. The molecule has 1 aliphatic rings. The van der Waals surface area contributed by atoms with Crippen molar-refractivity contribution < 1.29 is 4.79 Å². The molecule has 0 radical (unpaired) electrons. The lowest BCUT2D eigenvalue weighted by Crippen LogP contribution is -2.38. The van der Waals surface area contributed by atoms with Gasteiger partial charge >= 0.3 is 0 Å². The minimum absolute atomic E-state index is 0.0817. The van der Waals surface area contributed by atoms with E-state index in [0.29, 0.717) is 5.56 Å². The lowest BCUT2D eigenvalue weighted by molar-refractivity contribution is 0.0774. The van der Waals surface area contributed by atoms with Crippen LogP contribution in [0.15, 0.2) is 42.6 Å². The van der Waals surface area contributed by atoms with Gasteiger partial charge in [0.05, 0.1) is 22.8 Å². The maximum absolute atomic E-state index is 13.2. The molecule has 0 bridgehead atoms. The summed E-state index contributed by atoms with van der Waals surface area (Å²) in [5.74, 6) is 2.08. The fourth-order valence-electron chi connectivity index (χ4n) is 3.27. The molecule has 26 heavy (non-hydrogen) atoms. The Labute approximate surface area is 157 Å². The van der Waals surface area contributed by atoms with Crippen molar-refractivity contribution in [1.82, 2.24) is 19.7 Å². The number of hydrogen-bond acceptors (Lipinski definition) is 4. The highest BCUT2D eigenvalue weighted by Crippen LogP contribution is 2.27. The fraction of sp³-hybridized carbons (Fsp3) is 0.350. The third-order valence-electron chi connectivity index (χ3n) is 4.65. The molecule has 1 fully saturated rings. The highest BCUT2D eigenvalue weighted by molar-refractivity contribution is 7.99. The minimum Gasteiger partial charge on any atom is -0.337 e. The Morgan fingerprint density at radius 3 is 2.58 bits per heavy atom. The van der Waals surface area contributed by atoms with Gasteiger partial charge in [0.15, 0.2) is 5.65 Å². The molecule has 5 nitrogen and oxygen atoms in total. The van der Waals surface area contributed by atoms with Crippen LogP contribution in [0.1, 0.15) is 30.2 Å². The van der Waals surface area contributed by atoms with Gasteiger partial charge in [-0.05, 0) is 19.9 Å². The Kier molecular flexibility index (Phi) is 4.68.